The zero-order chi connectivity index (χ0) is 8.43. The molecule has 1 heterocycles. The fraction of sp³-hybridized carbons (Fsp3) is 1.00. The van der Waals surface area contributed by atoms with Crippen LogP contribution in [0.1, 0.15) is 33.6 Å². The summed E-state index contributed by atoms with van der Waals surface area (Å²) in [5.74, 6) is 0. The largest absolute Gasteiger partial charge is 0.392 e. The molecule has 0 radical (unpaired) electrons. The lowest BCUT2D eigenvalue weighted by molar-refractivity contribution is 0.00405. The van der Waals surface area contributed by atoms with Gasteiger partial charge in [-0.1, -0.05) is 0 Å². The van der Waals surface area contributed by atoms with Crippen LogP contribution in [0.4, 0.5) is 0 Å². The lowest BCUT2D eigenvalue weighted by Crippen LogP contribution is -2.49. The molecule has 1 rings (SSSR count). The summed E-state index contributed by atoms with van der Waals surface area (Å²) in [7, 11) is 0. The maximum absolute atomic E-state index is 9.56. The van der Waals surface area contributed by atoms with Crippen LogP contribution in [0.3, 0.4) is 0 Å². The summed E-state index contributed by atoms with van der Waals surface area (Å²) in [6.45, 7) is 7.64. The Morgan fingerprint density at radius 1 is 1.45 bits per heavy atom. The molecule has 1 saturated heterocycles. The number of hydrogen-bond acceptors (Lipinski definition) is 2. The molecule has 1 aliphatic heterocycles. The Balaban J connectivity index is 2.51. The molecule has 0 aromatic heterocycles. The van der Waals surface area contributed by atoms with Crippen LogP contribution in [0.2, 0.25) is 0 Å². The highest BCUT2D eigenvalue weighted by atomic mass is 16.3. The minimum atomic E-state index is -0.105. The molecule has 11 heavy (non-hydrogen) atoms. The standard InChI is InChI=1S/C9H19NO/c1-7(2)10-6-4-5-9(11)8(10)3/h7-9,11H,4-6H2,1-3H3. The summed E-state index contributed by atoms with van der Waals surface area (Å²) in [6.07, 6.45) is 2.01. The van der Waals surface area contributed by atoms with E-state index in [1.165, 1.54) is 0 Å². The lowest BCUT2D eigenvalue weighted by atomic mass is 9.99. The van der Waals surface area contributed by atoms with Crippen molar-refractivity contribution in [3.05, 3.63) is 0 Å². The summed E-state index contributed by atoms with van der Waals surface area (Å²) in [5.41, 5.74) is 0. The van der Waals surface area contributed by atoms with Gasteiger partial charge in [0.1, 0.15) is 0 Å². The van der Waals surface area contributed by atoms with Gasteiger partial charge >= 0.3 is 0 Å². The average molecular weight is 157 g/mol. The van der Waals surface area contributed by atoms with Crippen LogP contribution in [-0.2, 0) is 0 Å². The maximum Gasteiger partial charge on any atom is 0.0693 e. The second-order valence-electron chi connectivity index (χ2n) is 3.78. The van der Waals surface area contributed by atoms with Crippen molar-refractivity contribution in [2.45, 2.75) is 51.8 Å². The lowest BCUT2D eigenvalue weighted by Gasteiger charge is -2.39. The highest BCUT2D eigenvalue weighted by Crippen LogP contribution is 2.19. The molecule has 2 atom stereocenters. The highest BCUT2D eigenvalue weighted by Gasteiger charge is 2.27. The topological polar surface area (TPSA) is 23.5 Å². The van der Waals surface area contributed by atoms with Gasteiger partial charge in [0.05, 0.1) is 6.10 Å². The van der Waals surface area contributed by atoms with E-state index in [1.807, 2.05) is 0 Å². The maximum atomic E-state index is 9.56. The van der Waals surface area contributed by atoms with Crippen molar-refractivity contribution in [3.63, 3.8) is 0 Å². The van der Waals surface area contributed by atoms with Crippen LogP contribution in [-0.4, -0.2) is 34.7 Å². The smallest absolute Gasteiger partial charge is 0.0693 e. The first-order valence-corrected chi connectivity index (χ1v) is 4.56. The summed E-state index contributed by atoms with van der Waals surface area (Å²) in [4.78, 5) is 2.37. The van der Waals surface area contributed by atoms with Gasteiger partial charge in [-0.25, -0.2) is 0 Å². The molecule has 0 bridgehead atoms. The molecule has 1 fully saturated rings. The van der Waals surface area contributed by atoms with E-state index in [4.69, 9.17) is 0 Å². The second-order valence-corrected chi connectivity index (χ2v) is 3.78. The third-order valence-electron chi connectivity index (χ3n) is 2.66. The number of piperidine rings is 1. The summed E-state index contributed by atoms with van der Waals surface area (Å²) in [5, 5.41) is 9.56. The number of aliphatic hydroxyl groups excluding tert-OH is 1. The van der Waals surface area contributed by atoms with Crippen molar-refractivity contribution in [3.8, 4) is 0 Å². The fourth-order valence-corrected chi connectivity index (χ4v) is 1.88. The number of nitrogens with zero attached hydrogens (tertiary/aromatic N) is 1. The molecule has 0 amide bonds. The first-order valence-electron chi connectivity index (χ1n) is 4.56. The zero-order valence-electron chi connectivity index (χ0n) is 7.75. The Bertz CT molecular complexity index is 125. The van der Waals surface area contributed by atoms with E-state index in [-0.39, 0.29) is 6.10 Å². The van der Waals surface area contributed by atoms with Crippen molar-refractivity contribution in [2.24, 2.45) is 0 Å². The molecule has 2 nitrogen and oxygen atoms in total. The Kier molecular flexibility index (Phi) is 2.90. The molecule has 0 aromatic carbocycles. The molecule has 2 unspecified atom stereocenters. The van der Waals surface area contributed by atoms with Crippen molar-refractivity contribution in [1.82, 2.24) is 4.90 Å². The van der Waals surface area contributed by atoms with Crippen LogP contribution >= 0.6 is 0 Å². The Morgan fingerprint density at radius 3 is 2.55 bits per heavy atom. The van der Waals surface area contributed by atoms with Gasteiger partial charge in [-0.2, -0.15) is 0 Å². The predicted octanol–water partition coefficient (Wildman–Crippen LogP) is 1.24. The molecule has 1 N–H and O–H groups in total. The van der Waals surface area contributed by atoms with Crippen molar-refractivity contribution < 1.29 is 5.11 Å². The first-order chi connectivity index (χ1) is 5.13. The summed E-state index contributed by atoms with van der Waals surface area (Å²) >= 11 is 0. The van der Waals surface area contributed by atoms with Gasteiger partial charge in [0, 0.05) is 12.1 Å². The quantitative estimate of drug-likeness (QED) is 0.619. The Hall–Kier alpha value is -0.0800. The fourth-order valence-electron chi connectivity index (χ4n) is 1.88. The zero-order valence-corrected chi connectivity index (χ0v) is 7.75. The van der Waals surface area contributed by atoms with Gasteiger partial charge in [-0.3, -0.25) is 4.90 Å². The van der Waals surface area contributed by atoms with E-state index >= 15 is 0 Å². The average Bonchev–Trinajstić information content (AvgIpc) is 1.94. The molecule has 0 aromatic rings. The van der Waals surface area contributed by atoms with Crippen molar-refractivity contribution in [1.29, 1.82) is 0 Å². The van der Waals surface area contributed by atoms with Gasteiger partial charge in [0.25, 0.3) is 0 Å². The van der Waals surface area contributed by atoms with Crippen LogP contribution in [0.5, 0.6) is 0 Å². The second kappa shape index (κ2) is 3.55. The highest BCUT2D eigenvalue weighted by molar-refractivity contribution is 4.82. The SMILES string of the molecule is CC(C)N1CCCC(O)C1C. The summed E-state index contributed by atoms with van der Waals surface area (Å²) < 4.78 is 0. The number of hydrogen-bond donors (Lipinski definition) is 1. The minimum absolute atomic E-state index is 0.105. The van der Waals surface area contributed by atoms with E-state index in [2.05, 4.69) is 25.7 Å². The number of rotatable bonds is 1. The van der Waals surface area contributed by atoms with Gasteiger partial charge in [0.2, 0.25) is 0 Å². The van der Waals surface area contributed by atoms with Crippen LogP contribution < -0.4 is 0 Å². The van der Waals surface area contributed by atoms with Crippen LogP contribution in [0, 0.1) is 0 Å². The van der Waals surface area contributed by atoms with E-state index in [9.17, 15) is 5.11 Å². The monoisotopic (exact) mass is 157 g/mol. The van der Waals surface area contributed by atoms with Crippen molar-refractivity contribution in [2.75, 3.05) is 6.54 Å². The van der Waals surface area contributed by atoms with Crippen molar-refractivity contribution >= 4 is 0 Å². The van der Waals surface area contributed by atoms with Crippen LogP contribution in [0.25, 0.3) is 0 Å². The molecule has 0 aliphatic carbocycles. The normalized spacial score (nSPS) is 34.6. The van der Waals surface area contributed by atoms with Gasteiger partial charge in [-0.05, 0) is 40.2 Å². The van der Waals surface area contributed by atoms with E-state index in [1.54, 1.807) is 0 Å². The number of likely N-dealkylation sites (tertiary alicyclic amines) is 1. The Labute approximate surface area is 69.2 Å². The van der Waals surface area contributed by atoms with Gasteiger partial charge < -0.3 is 5.11 Å². The summed E-state index contributed by atoms with van der Waals surface area (Å²) in [6, 6.07) is 0.920. The predicted molar refractivity (Wildman–Crippen MR) is 46.5 cm³/mol. The van der Waals surface area contributed by atoms with Gasteiger partial charge in [0.15, 0.2) is 0 Å². The third-order valence-corrected chi connectivity index (χ3v) is 2.66. The molecule has 1 aliphatic rings. The Morgan fingerprint density at radius 2 is 2.09 bits per heavy atom. The molecule has 0 saturated carbocycles. The molecular weight excluding hydrogens is 138 g/mol. The van der Waals surface area contributed by atoms with E-state index in [0.717, 1.165) is 19.4 Å². The number of aliphatic hydroxyl groups is 1. The van der Waals surface area contributed by atoms with Gasteiger partial charge in [-0.15, -0.1) is 0 Å². The first kappa shape index (κ1) is 9.01. The molecule has 2 heteroatoms. The molecule has 66 valence electrons. The molecule has 0 spiro atoms. The van der Waals surface area contributed by atoms with E-state index < -0.39 is 0 Å². The third kappa shape index (κ3) is 1.94. The molecular formula is C9H19NO. The van der Waals surface area contributed by atoms with Crippen LogP contribution in [0.15, 0.2) is 0 Å². The van der Waals surface area contributed by atoms with E-state index in [0.29, 0.717) is 12.1 Å². The minimum Gasteiger partial charge on any atom is -0.392 e.